The van der Waals surface area contributed by atoms with Crippen LogP contribution in [0.1, 0.15) is 33.1 Å². The molecule has 5 nitrogen and oxygen atoms in total. The van der Waals surface area contributed by atoms with E-state index in [1.54, 1.807) is 0 Å². The molecule has 0 spiro atoms. The number of ether oxygens (including phenoxy) is 2. The number of methoxy groups -OCH3 is 1. The van der Waals surface area contributed by atoms with Gasteiger partial charge in [0.25, 0.3) is 0 Å². The quantitative estimate of drug-likeness (QED) is 0.445. The predicted molar refractivity (Wildman–Crippen MR) is 88.7 cm³/mol. The van der Waals surface area contributed by atoms with Crippen LogP contribution in [0, 0.1) is 70.5 Å². The van der Waals surface area contributed by atoms with Crippen molar-refractivity contribution in [3.8, 4) is 6.07 Å². The first-order valence-electron chi connectivity index (χ1n) is 9.62. The fourth-order valence-electron chi connectivity index (χ4n) is 7.32. The van der Waals surface area contributed by atoms with Crippen LogP contribution < -0.4 is 0 Å². The highest BCUT2D eigenvalue weighted by atomic mass is 16.5. The van der Waals surface area contributed by atoms with Gasteiger partial charge in [0, 0.05) is 0 Å². The number of esters is 2. The molecule has 0 aromatic heterocycles. The molecular formula is C20H27NO4. The van der Waals surface area contributed by atoms with Crippen molar-refractivity contribution in [2.24, 2.45) is 59.2 Å². The lowest BCUT2D eigenvalue weighted by atomic mass is 9.59. The fraction of sp³-hybridized carbons (Fsp3) is 0.850. The summed E-state index contributed by atoms with van der Waals surface area (Å²) in [5, 5.41) is 8.66. The Balaban J connectivity index is 1.61. The van der Waals surface area contributed by atoms with Gasteiger partial charge < -0.3 is 9.47 Å². The third-order valence-corrected chi connectivity index (χ3v) is 8.20. The highest BCUT2D eigenvalue weighted by Crippen LogP contribution is 2.72. The minimum Gasteiger partial charge on any atom is -0.469 e. The minimum atomic E-state index is -0.376. The number of nitrogens with zero attached hydrogens (tertiary/aromatic N) is 1. The van der Waals surface area contributed by atoms with Crippen molar-refractivity contribution in [1.82, 2.24) is 0 Å². The van der Waals surface area contributed by atoms with E-state index in [0.29, 0.717) is 35.5 Å². The van der Waals surface area contributed by atoms with Crippen LogP contribution in [-0.4, -0.2) is 25.7 Å². The zero-order valence-corrected chi connectivity index (χ0v) is 15.2. The SMILES string of the molecule is COC(=O)C1C2CC(C1C(=O)OCCC#N)C1C3CC(C(C)C3C)C21. The van der Waals surface area contributed by atoms with E-state index in [4.69, 9.17) is 14.7 Å². The molecule has 0 N–H and O–H groups in total. The van der Waals surface area contributed by atoms with E-state index in [1.807, 2.05) is 6.07 Å². The highest BCUT2D eigenvalue weighted by molar-refractivity contribution is 5.84. The van der Waals surface area contributed by atoms with E-state index in [0.717, 1.165) is 6.42 Å². The van der Waals surface area contributed by atoms with Crippen molar-refractivity contribution >= 4 is 11.9 Å². The van der Waals surface area contributed by atoms with Crippen LogP contribution in [-0.2, 0) is 19.1 Å². The van der Waals surface area contributed by atoms with Crippen LogP contribution >= 0.6 is 0 Å². The minimum absolute atomic E-state index is 0.116. The maximum Gasteiger partial charge on any atom is 0.310 e. The molecule has 0 radical (unpaired) electrons. The molecule has 4 bridgehead atoms. The van der Waals surface area contributed by atoms with Crippen LogP contribution in [0.3, 0.4) is 0 Å². The first kappa shape index (κ1) is 16.9. The van der Waals surface area contributed by atoms with Crippen molar-refractivity contribution in [3.05, 3.63) is 0 Å². The number of hydrogen-bond acceptors (Lipinski definition) is 5. The van der Waals surface area contributed by atoms with Crippen LogP contribution in [0.15, 0.2) is 0 Å². The van der Waals surface area contributed by atoms with E-state index < -0.39 is 0 Å². The van der Waals surface area contributed by atoms with E-state index in [-0.39, 0.29) is 48.6 Å². The Kier molecular flexibility index (Phi) is 4.05. The maximum atomic E-state index is 12.7. The van der Waals surface area contributed by atoms with Crippen molar-refractivity contribution in [1.29, 1.82) is 5.26 Å². The van der Waals surface area contributed by atoms with Crippen LogP contribution in [0.5, 0.6) is 0 Å². The monoisotopic (exact) mass is 345 g/mol. The number of carbonyl (C=O) groups is 2. The third kappa shape index (κ3) is 2.19. The standard InChI is InChI=1S/C20H27NO4/c1-9-10(2)12-7-11(9)15-13-8-14(16(12)15)18(17(13)19(22)24-3)20(23)25-6-4-5-21/h9-18H,4,6-8H2,1-3H3. The lowest BCUT2D eigenvalue weighted by Gasteiger charge is -2.45. The summed E-state index contributed by atoms with van der Waals surface area (Å²) in [6.45, 7) is 4.83. The predicted octanol–water partition coefficient (Wildman–Crippen LogP) is 2.65. The normalized spacial score (nSPS) is 48.9. The van der Waals surface area contributed by atoms with Gasteiger partial charge in [0.05, 0.1) is 31.4 Å². The van der Waals surface area contributed by atoms with Gasteiger partial charge in [0.1, 0.15) is 6.61 Å². The third-order valence-electron chi connectivity index (χ3n) is 8.20. The molecule has 10 unspecified atom stereocenters. The van der Waals surface area contributed by atoms with Gasteiger partial charge >= 0.3 is 11.9 Å². The van der Waals surface area contributed by atoms with Crippen molar-refractivity contribution in [3.63, 3.8) is 0 Å². The lowest BCUT2D eigenvalue weighted by molar-refractivity contribution is -0.166. The lowest BCUT2D eigenvalue weighted by Crippen LogP contribution is -2.47. The second-order valence-electron chi connectivity index (χ2n) is 8.65. The largest absolute Gasteiger partial charge is 0.469 e. The van der Waals surface area contributed by atoms with Crippen molar-refractivity contribution < 1.29 is 19.1 Å². The molecule has 0 heterocycles. The Hall–Kier alpha value is -1.57. The van der Waals surface area contributed by atoms with Gasteiger partial charge in [-0.15, -0.1) is 0 Å². The summed E-state index contributed by atoms with van der Waals surface area (Å²) in [6.07, 6.45) is 2.41. The first-order chi connectivity index (χ1) is 12.0. The van der Waals surface area contributed by atoms with E-state index >= 15 is 0 Å². The molecular weight excluding hydrogens is 318 g/mol. The zero-order valence-electron chi connectivity index (χ0n) is 15.2. The Labute approximate surface area is 149 Å². The van der Waals surface area contributed by atoms with Gasteiger partial charge in [-0.25, -0.2) is 0 Å². The second kappa shape index (κ2) is 6.00. The first-order valence-corrected chi connectivity index (χ1v) is 9.62. The van der Waals surface area contributed by atoms with Crippen LogP contribution in [0.25, 0.3) is 0 Å². The zero-order chi connectivity index (χ0) is 17.9. The summed E-state index contributed by atoms with van der Waals surface area (Å²) < 4.78 is 10.4. The Morgan fingerprint density at radius 1 is 0.960 bits per heavy atom. The van der Waals surface area contributed by atoms with Crippen LogP contribution in [0.2, 0.25) is 0 Å². The van der Waals surface area contributed by atoms with Gasteiger partial charge in [0.15, 0.2) is 0 Å². The smallest absolute Gasteiger partial charge is 0.310 e. The molecule has 5 heteroatoms. The second-order valence-corrected chi connectivity index (χ2v) is 8.65. The van der Waals surface area contributed by atoms with Gasteiger partial charge in [-0.3, -0.25) is 9.59 Å². The Morgan fingerprint density at radius 2 is 1.48 bits per heavy atom. The van der Waals surface area contributed by atoms with Gasteiger partial charge in [0.2, 0.25) is 0 Å². The summed E-state index contributed by atoms with van der Waals surface area (Å²) in [5.41, 5.74) is 0. The Morgan fingerprint density at radius 3 is 2.00 bits per heavy atom. The number of hydrogen-bond donors (Lipinski definition) is 0. The maximum absolute atomic E-state index is 12.7. The number of carbonyl (C=O) groups excluding carboxylic acids is 2. The molecule has 10 atom stereocenters. The molecule has 4 aliphatic rings. The molecule has 0 saturated heterocycles. The molecule has 25 heavy (non-hydrogen) atoms. The summed E-state index contributed by atoms with van der Waals surface area (Å²) in [5.74, 6) is 3.19. The summed E-state index contributed by atoms with van der Waals surface area (Å²) in [7, 11) is 1.41. The molecule has 0 aliphatic heterocycles. The molecule has 136 valence electrons. The molecule has 4 saturated carbocycles. The molecule has 4 rings (SSSR count). The van der Waals surface area contributed by atoms with E-state index in [2.05, 4.69) is 13.8 Å². The summed E-state index contributed by atoms with van der Waals surface area (Å²) in [4.78, 5) is 25.2. The van der Waals surface area contributed by atoms with E-state index in [9.17, 15) is 9.59 Å². The van der Waals surface area contributed by atoms with Gasteiger partial charge in [-0.05, 0) is 60.2 Å². The summed E-state index contributed by atoms with van der Waals surface area (Å²) >= 11 is 0. The fourth-order valence-corrected chi connectivity index (χ4v) is 7.32. The highest BCUT2D eigenvalue weighted by Gasteiger charge is 2.71. The average Bonchev–Trinajstić information content (AvgIpc) is 3.32. The molecule has 0 aromatic carbocycles. The van der Waals surface area contributed by atoms with E-state index in [1.165, 1.54) is 13.5 Å². The average molecular weight is 345 g/mol. The molecule has 0 amide bonds. The topological polar surface area (TPSA) is 76.4 Å². The Bertz CT molecular complexity index is 626. The van der Waals surface area contributed by atoms with Crippen LogP contribution in [0.4, 0.5) is 0 Å². The molecule has 4 fully saturated rings. The number of fused-ring (bicyclic) bond motifs is 9. The van der Waals surface area contributed by atoms with Crippen molar-refractivity contribution in [2.75, 3.05) is 13.7 Å². The van der Waals surface area contributed by atoms with Gasteiger partial charge in [-0.1, -0.05) is 13.8 Å². The van der Waals surface area contributed by atoms with Gasteiger partial charge in [-0.2, -0.15) is 5.26 Å². The number of nitriles is 1. The van der Waals surface area contributed by atoms with Crippen molar-refractivity contribution in [2.45, 2.75) is 33.1 Å². The molecule has 4 aliphatic carbocycles. The number of rotatable bonds is 4. The molecule has 0 aromatic rings. The summed E-state index contributed by atoms with van der Waals surface area (Å²) in [6, 6.07) is 1.99.